The van der Waals surface area contributed by atoms with Crippen molar-refractivity contribution in [3.8, 4) is 0 Å². The summed E-state index contributed by atoms with van der Waals surface area (Å²) in [6.45, 7) is 7.65. The summed E-state index contributed by atoms with van der Waals surface area (Å²) in [5.74, 6) is -0.218. The number of H-pyrrole nitrogens is 1. The molecule has 1 aromatic heterocycles. The second-order valence-corrected chi connectivity index (χ2v) is 3.59. The highest BCUT2D eigenvalue weighted by Gasteiger charge is 2.13. The van der Waals surface area contributed by atoms with Gasteiger partial charge in [-0.2, -0.15) is 0 Å². The summed E-state index contributed by atoms with van der Waals surface area (Å²) >= 11 is 0. The van der Waals surface area contributed by atoms with E-state index in [1.807, 2.05) is 27.7 Å². The van der Waals surface area contributed by atoms with E-state index in [9.17, 15) is 9.18 Å². The number of carbonyl (C=O) groups is 1. The summed E-state index contributed by atoms with van der Waals surface area (Å²) in [5, 5.41) is 0.784. The third kappa shape index (κ3) is 2.54. The van der Waals surface area contributed by atoms with Crippen molar-refractivity contribution < 1.29 is 9.18 Å². The van der Waals surface area contributed by atoms with Crippen LogP contribution in [0, 0.1) is 12.7 Å². The number of ketones is 1. The molecule has 2 nitrogen and oxygen atoms in total. The van der Waals surface area contributed by atoms with Gasteiger partial charge in [0.15, 0.2) is 5.78 Å². The molecular formula is C14H18FNO. The van der Waals surface area contributed by atoms with Crippen LogP contribution in [0.4, 0.5) is 4.39 Å². The first-order valence-electron chi connectivity index (χ1n) is 5.94. The van der Waals surface area contributed by atoms with Crippen LogP contribution in [0.3, 0.4) is 0 Å². The molecule has 0 saturated carbocycles. The number of hydrogen-bond acceptors (Lipinski definition) is 1. The minimum absolute atomic E-state index is 0.0594. The third-order valence-electron chi connectivity index (χ3n) is 2.62. The van der Waals surface area contributed by atoms with Gasteiger partial charge < -0.3 is 4.98 Å². The number of aryl methyl sites for hydroxylation is 1. The van der Waals surface area contributed by atoms with Gasteiger partial charge in [0.05, 0.1) is 5.69 Å². The zero-order valence-electron chi connectivity index (χ0n) is 10.7. The Morgan fingerprint density at radius 1 is 1.35 bits per heavy atom. The Labute approximate surface area is 101 Å². The number of benzene rings is 1. The summed E-state index contributed by atoms with van der Waals surface area (Å²) in [6, 6.07) is 4.50. The van der Waals surface area contributed by atoms with Crippen molar-refractivity contribution >= 4 is 16.7 Å². The zero-order chi connectivity index (χ0) is 13.0. The summed E-state index contributed by atoms with van der Waals surface area (Å²) in [7, 11) is 0. The lowest BCUT2D eigenvalue weighted by molar-refractivity contribution is 0.0983. The lowest BCUT2D eigenvalue weighted by Gasteiger charge is -1.94. The molecule has 0 unspecified atom stereocenters. The summed E-state index contributed by atoms with van der Waals surface area (Å²) in [6.07, 6.45) is 0.455. The SMILES string of the molecule is CC.CCC(=O)c1[nH]c2ccc(F)cc2c1C. The third-order valence-corrected chi connectivity index (χ3v) is 2.62. The maximum absolute atomic E-state index is 13.0. The molecule has 0 amide bonds. The average molecular weight is 235 g/mol. The molecule has 2 aromatic rings. The van der Waals surface area contributed by atoms with E-state index in [0.717, 1.165) is 16.5 Å². The smallest absolute Gasteiger partial charge is 0.179 e. The first-order chi connectivity index (χ1) is 8.13. The van der Waals surface area contributed by atoms with Gasteiger partial charge in [-0.15, -0.1) is 0 Å². The predicted molar refractivity (Wildman–Crippen MR) is 69.0 cm³/mol. The molecular weight excluding hydrogens is 217 g/mol. The number of carbonyl (C=O) groups excluding carboxylic acids is 1. The van der Waals surface area contributed by atoms with Crippen LogP contribution in [0.1, 0.15) is 43.2 Å². The van der Waals surface area contributed by atoms with E-state index in [4.69, 9.17) is 0 Å². The average Bonchev–Trinajstić information content (AvgIpc) is 2.68. The van der Waals surface area contributed by atoms with E-state index < -0.39 is 0 Å². The standard InChI is InChI=1S/C12H12FNO.C2H6/c1-3-11(15)12-7(2)9-6-8(13)4-5-10(9)14-12;1-2/h4-6,14H,3H2,1-2H3;1-2H3. The molecule has 1 aromatic carbocycles. The summed E-state index contributed by atoms with van der Waals surface area (Å²) < 4.78 is 13.0. The van der Waals surface area contributed by atoms with Crippen molar-refractivity contribution in [2.24, 2.45) is 0 Å². The van der Waals surface area contributed by atoms with Crippen LogP contribution in [0.15, 0.2) is 18.2 Å². The van der Waals surface area contributed by atoms with E-state index in [2.05, 4.69) is 4.98 Å². The van der Waals surface area contributed by atoms with Gasteiger partial charge in [0.1, 0.15) is 5.82 Å². The van der Waals surface area contributed by atoms with Crippen molar-refractivity contribution in [1.29, 1.82) is 0 Å². The highest BCUT2D eigenvalue weighted by atomic mass is 19.1. The minimum Gasteiger partial charge on any atom is -0.352 e. The van der Waals surface area contributed by atoms with Crippen LogP contribution in [0.25, 0.3) is 10.9 Å². The minimum atomic E-state index is -0.278. The number of halogens is 1. The van der Waals surface area contributed by atoms with Crippen LogP contribution in [-0.4, -0.2) is 10.8 Å². The molecule has 0 aliphatic heterocycles. The monoisotopic (exact) mass is 235 g/mol. The number of fused-ring (bicyclic) bond motifs is 1. The van der Waals surface area contributed by atoms with Gasteiger partial charge in [-0.1, -0.05) is 20.8 Å². The lowest BCUT2D eigenvalue weighted by Crippen LogP contribution is -1.98. The Balaban J connectivity index is 0.000000686. The van der Waals surface area contributed by atoms with Crippen molar-refractivity contribution in [1.82, 2.24) is 4.98 Å². The second kappa shape index (κ2) is 5.62. The summed E-state index contributed by atoms with van der Waals surface area (Å²) in [4.78, 5) is 14.6. The molecule has 2 rings (SSSR count). The molecule has 0 fully saturated rings. The molecule has 17 heavy (non-hydrogen) atoms. The molecule has 92 valence electrons. The molecule has 1 heterocycles. The first kappa shape index (κ1) is 13.4. The molecule has 0 saturated heterocycles. The number of nitrogens with one attached hydrogen (secondary N) is 1. The number of aromatic nitrogens is 1. The molecule has 0 bridgehead atoms. The number of Topliss-reactive ketones (excluding diaryl/α,β-unsaturated/α-hetero) is 1. The van der Waals surface area contributed by atoms with Crippen molar-refractivity contribution in [2.45, 2.75) is 34.1 Å². The molecule has 0 radical (unpaired) electrons. The highest BCUT2D eigenvalue weighted by Crippen LogP contribution is 2.23. The van der Waals surface area contributed by atoms with Crippen molar-refractivity contribution in [2.75, 3.05) is 0 Å². The Morgan fingerprint density at radius 2 is 2.00 bits per heavy atom. The van der Waals surface area contributed by atoms with Gasteiger partial charge in [0, 0.05) is 17.3 Å². The van der Waals surface area contributed by atoms with E-state index in [1.54, 1.807) is 6.07 Å². The van der Waals surface area contributed by atoms with Crippen molar-refractivity contribution in [3.63, 3.8) is 0 Å². The maximum atomic E-state index is 13.0. The molecule has 3 heteroatoms. The quantitative estimate of drug-likeness (QED) is 0.776. The van der Waals surface area contributed by atoms with Crippen LogP contribution in [-0.2, 0) is 0 Å². The van der Waals surface area contributed by atoms with Crippen molar-refractivity contribution in [3.05, 3.63) is 35.3 Å². The van der Waals surface area contributed by atoms with Crippen LogP contribution < -0.4 is 0 Å². The lowest BCUT2D eigenvalue weighted by atomic mass is 10.1. The Kier molecular flexibility index (Phi) is 4.44. The van der Waals surface area contributed by atoms with E-state index >= 15 is 0 Å². The number of hydrogen-bond donors (Lipinski definition) is 1. The highest BCUT2D eigenvalue weighted by molar-refractivity contribution is 6.01. The fraction of sp³-hybridized carbons (Fsp3) is 0.357. The van der Waals surface area contributed by atoms with Gasteiger partial charge in [-0.05, 0) is 30.7 Å². The first-order valence-corrected chi connectivity index (χ1v) is 5.94. The van der Waals surface area contributed by atoms with Crippen LogP contribution in [0.5, 0.6) is 0 Å². The fourth-order valence-corrected chi connectivity index (χ4v) is 1.75. The molecule has 0 aliphatic rings. The summed E-state index contributed by atoms with van der Waals surface area (Å²) in [5.41, 5.74) is 2.24. The zero-order valence-corrected chi connectivity index (χ0v) is 10.7. The van der Waals surface area contributed by atoms with Gasteiger partial charge in [0.2, 0.25) is 0 Å². The molecule has 0 atom stereocenters. The van der Waals surface area contributed by atoms with Gasteiger partial charge >= 0.3 is 0 Å². The predicted octanol–water partition coefficient (Wildman–Crippen LogP) is 4.23. The normalized spacial score (nSPS) is 9.94. The van der Waals surface area contributed by atoms with E-state index in [-0.39, 0.29) is 11.6 Å². The maximum Gasteiger partial charge on any atom is 0.179 e. The number of aromatic amines is 1. The van der Waals surface area contributed by atoms with Gasteiger partial charge in [0.25, 0.3) is 0 Å². The van der Waals surface area contributed by atoms with E-state index in [0.29, 0.717) is 12.1 Å². The van der Waals surface area contributed by atoms with Gasteiger partial charge in [-0.25, -0.2) is 4.39 Å². The van der Waals surface area contributed by atoms with Gasteiger partial charge in [-0.3, -0.25) is 4.79 Å². The molecule has 1 N–H and O–H groups in total. The van der Waals surface area contributed by atoms with Crippen LogP contribution >= 0.6 is 0 Å². The van der Waals surface area contributed by atoms with E-state index in [1.165, 1.54) is 12.1 Å². The second-order valence-electron chi connectivity index (χ2n) is 3.59. The fourth-order valence-electron chi connectivity index (χ4n) is 1.75. The Hall–Kier alpha value is -1.64. The topological polar surface area (TPSA) is 32.9 Å². The Bertz CT molecular complexity index is 528. The Morgan fingerprint density at radius 3 is 2.59 bits per heavy atom. The molecule has 0 aliphatic carbocycles. The molecule has 0 spiro atoms. The number of rotatable bonds is 2. The van der Waals surface area contributed by atoms with Crippen LogP contribution in [0.2, 0.25) is 0 Å². The largest absolute Gasteiger partial charge is 0.352 e.